The van der Waals surface area contributed by atoms with E-state index in [0.717, 1.165) is 42.5 Å². The molecule has 21 heavy (non-hydrogen) atoms. The van der Waals surface area contributed by atoms with Crippen LogP contribution in [-0.4, -0.2) is 47.7 Å². The van der Waals surface area contributed by atoms with Crippen molar-refractivity contribution in [2.24, 2.45) is 0 Å². The van der Waals surface area contributed by atoms with E-state index in [9.17, 15) is 4.79 Å². The lowest BCUT2D eigenvalue weighted by atomic mass is 10.3. The number of thioether (sulfide) groups is 1. The Bertz CT molecular complexity index is 564. The second-order valence-electron chi connectivity index (χ2n) is 4.72. The van der Waals surface area contributed by atoms with E-state index >= 15 is 0 Å². The number of halogens is 1. The predicted molar refractivity (Wildman–Crippen MR) is 91.7 cm³/mol. The third-order valence-corrected chi connectivity index (χ3v) is 5.45. The summed E-state index contributed by atoms with van der Waals surface area (Å²) in [7, 11) is 0. The zero-order valence-corrected chi connectivity index (χ0v) is 14.0. The van der Waals surface area contributed by atoms with Crippen LogP contribution in [0.1, 0.15) is 6.42 Å². The molecule has 1 saturated heterocycles. The maximum Gasteiger partial charge on any atom is 0.233 e. The fourth-order valence-corrected chi connectivity index (χ4v) is 4.19. The molecular formula is C14H18ClN3OS2. The minimum Gasteiger partial charge on any atom is -0.341 e. The van der Waals surface area contributed by atoms with Gasteiger partial charge in [0.15, 0.2) is 4.34 Å². The van der Waals surface area contributed by atoms with Crippen molar-refractivity contribution in [1.82, 2.24) is 15.2 Å². The van der Waals surface area contributed by atoms with Crippen LogP contribution < -0.4 is 5.32 Å². The number of hydrogen-bond donors (Lipinski definition) is 1. The molecule has 1 aliphatic rings. The van der Waals surface area contributed by atoms with E-state index in [1.807, 2.05) is 23.1 Å². The monoisotopic (exact) mass is 343 g/mol. The third-order valence-electron chi connectivity index (χ3n) is 3.29. The number of aromatic nitrogens is 1. The highest BCUT2D eigenvalue weighted by Gasteiger charge is 2.16. The molecule has 1 amide bonds. The Morgan fingerprint density at radius 1 is 1.33 bits per heavy atom. The summed E-state index contributed by atoms with van der Waals surface area (Å²) in [6.07, 6.45) is 1.04. The summed E-state index contributed by atoms with van der Waals surface area (Å²) >= 11 is 3.21. The molecule has 114 valence electrons. The van der Waals surface area contributed by atoms with Crippen molar-refractivity contribution in [3.8, 4) is 0 Å². The van der Waals surface area contributed by atoms with Crippen LogP contribution in [0.15, 0.2) is 28.6 Å². The fraction of sp³-hybridized carbons (Fsp3) is 0.429. The average molecular weight is 344 g/mol. The molecule has 1 N–H and O–H groups in total. The second-order valence-corrected chi connectivity index (χ2v) is 6.97. The van der Waals surface area contributed by atoms with Gasteiger partial charge < -0.3 is 10.2 Å². The first-order valence-electron chi connectivity index (χ1n) is 6.80. The maximum atomic E-state index is 12.2. The first-order valence-corrected chi connectivity index (χ1v) is 8.60. The molecule has 1 aliphatic heterocycles. The van der Waals surface area contributed by atoms with Gasteiger partial charge in [-0.3, -0.25) is 4.79 Å². The lowest BCUT2D eigenvalue weighted by molar-refractivity contribution is -0.128. The summed E-state index contributed by atoms with van der Waals surface area (Å²) in [4.78, 5) is 18.7. The van der Waals surface area contributed by atoms with Gasteiger partial charge in [0.05, 0.1) is 16.0 Å². The first-order chi connectivity index (χ1) is 9.83. The molecule has 0 unspecified atom stereocenters. The topological polar surface area (TPSA) is 45.2 Å². The Hall–Kier alpha value is -0.820. The van der Waals surface area contributed by atoms with Gasteiger partial charge >= 0.3 is 0 Å². The van der Waals surface area contributed by atoms with Crippen molar-refractivity contribution in [2.45, 2.75) is 10.8 Å². The first kappa shape index (κ1) is 16.5. The second kappa shape index (κ2) is 7.98. The van der Waals surface area contributed by atoms with E-state index in [4.69, 9.17) is 0 Å². The summed E-state index contributed by atoms with van der Waals surface area (Å²) in [6.45, 7) is 3.60. The number of nitrogens with one attached hydrogen (secondary N) is 1. The van der Waals surface area contributed by atoms with Crippen molar-refractivity contribution < 1.29 is 4.79 Å². The Labute approximate surface area is 138 Å². The molecule has 0 radical (unpaired) electrons. The summed E-state index contributed by atoms with van der Waals surface area (Å²) in [5, 5.41) is 3.31. The van der Waals surface area contributed by atoms with Crippen LogP contribution >= 0.6 is 35.5 Å². The molecular weight excluding hydrogens is 326 g/mol. The fourth-order valence-electron chi connectivity index (χ4n) is 2.22. The molecule has 0 bridgehead atoms. The molecule has 0 atom stereocenters. The summed E-state index contributed by atoms with van der Waals surface area (Å²) in [5.41, 5.74) is 1.02. The zero-order valence-electron chi connectivity index (χ0n) is 11.6. The lowest BCUT2D eigenvalue weighted by Gasteiger charge is -2.19. The van der Waals surface area contributed by atoms with Gasteiger partial charge in [-0.15, -0.1) is 23.7 Å². The number of hydrogen-bond acceptors (Lipinski definition) is 5. The number of carbonyl (C=O) groups excluding carboxylic acids is 1. The van der Waals surface area contributed by atoms with Gasteiger partial charge in [0.25, 0.3) is 0 Å². The van der Waals surface area contributed by atoms with Crippen LogP contribution in [0.25, 0.3) is 10.2 Å². The molecule has 7 heteroatoms. The Kier molecular flexibility index (Phi) is 6.29. The van der Waals surface area contributed by atoms with E-state index in [0.29, 0.717) is 5.75 Å². The number of nitrogens with zero attached hydrogens (tertiary/aromatic N) is 2. The van der Waals surface area contributed by atoms with E-state index < -0.39 is 0 Å². The number of thiazole rings is 1. The lowest BCUT2D eigenvalue weighted by Crippen LogP contribution is -2.35. The van der Waals surface area contributed by atoms with Crippen LogP contribution in [0.2, 0.25) is 0 Å². The number of benzene rings is 1. The molecule has 4 nitrogen and oxygen atoms in total. The Morgan fingerprint density at radius 3 is 3.05 bits per heavy atom. The molecule has 2 heterocycles. The zero-order chi connectivity index (χ0) is 13.8. The highest BCUT2D eigenvalue weighted by molar-refractivity contribution is 8.01. The van der Waals surface area contributed by atoms with Crippen LogP contribution in [0.4, 0.5) is 0 Å². The van der Waals surface area contributed by atoms with Crippen molar-refractivity contribution >= 4 is 51.6 Å². The van der Waals surface area contributed by atoms with Gasteiger partial charge in [0.1, 0.15) is 0 Å². The molecule has 1 aromatic heterocycles. The molecule has 0 spiro atoms. The normalized spacial score (nSPS) is 15.5. The Morgan fingerprint density at radius 2 is 2.19 bits per heavy atom. The minimum absolute atomic E-state index is 0. The van der Waals surface area contributed by atoms with Gasteiger partial charge in [-0.05, 0) is 25.1 Å². The summed E-state index contributed by atoms with van der Waals surface area (Å²) < 4.78 is 2.16. The molecule has 3 rings (SSSR count). The van der Waals surface area contributed by atoms with Crippen LogP contribution in [-0.2, 0) is 4.79 Å². The van der Waals surface area contributed by atoms with Crippen molar-refractivity contribution in [3.05, 3.63) is 24.3 Å². The van der Waals surface area contributed by atoms with Crippen LogP contribution in [0.5, 0.6) is 0 Å². The minimum atomic E-state index is 0. The highest BCUT2D eigenvalue weighted by Crippen LogP contribution is 2.29. The van der Waals surface area contributed by atoms with Gasteiger partial charge in [-0.25, -0.2) is 4.98 Å². The number of carbonyl (C=O) groups is 1. The van der Waals surface area contributed by atoms with Crippen LogP contribution in [0, 0.1) is 0 Å². The molecule has 2 aromatic rings. The molecule has 1 fully saturated rings. The van der Waals surface area contributed by atoms with E-state index in [1.165, 1.54) is 4.70 Å². The maximum absolute atomic E-state index is 12.2. The van der Waals surface area contributed by atoms with Gasteiger partial charge in [-0.1, -0.05) is 23.9 Å². The molecule has 0 saturated carbocycles. The van der Waals surface area contributed by atoms with E-state index in [-0.39, 0.29) is 18.3 Å². The van der Waals surface area contributed by atoms with Crippen molar-refractivity contribution in [1.29, 1.82) is 0 Å². The van der Waals surface area contributed by atoms with Gasteiger partial charge in [0, 0.05) is 19.6 Å². The van der Waals surface area contributed by atoms with Crippen molar-refractivity contribution in [2.75, 3.05) is 31.9 Å². The van der Waals surface area contributed by atoms with Gasteiger partial charge in [-0.2, -0.15) is 0 Å². The number of fused-ring (bicyclic) bond motifs is 1. The molecule has 1 aromatic carbocycles. The standard InChI is InChI=1S/C14H17N3OS2.ClH/c18-13(17-8-3-6-15-7-9-17)10-19-14-16-11-4-1-2-5-12(11)20-14;/h1-2,4-5,15H,3,6-10H2;1H. The molecule has 0 aliphatic carbocycles. The summed E-state index contributed by atoms with van der Waals surface area (Å²) in [5.74, 6) is 0.706. The third kappa shape index (κ3) is 4.32. The van der Waals surface area contributed by atoms with E-state index in [2.05, 4.69) is 16.4 Å². The SMILES string of the molecule is Cl.O=C(CSc1nc2ccccc2s1)N1CCCNCC1. The Balaban J connectivity index is 0.00000161. The van der Waals surface area contributed by atoms with Gasteiger partial charge in [0.2, 0.25) is 5.91 Å². The number of para-hydroxylation sites is 1. The highest BCUT2D eigenvalue weighted by atomic mass is 35.5. The quantitative estimate of drug-likeness (QED) is 0.870. The number of rotatable bonds is 3. The predicted octanol–water partition coefficient (Wildman–Crippen LogP) is 2.63. The largest absolute Gasteiger partial charge is 0.341 e. The number of amides is 1. The summed E-state index contributed by atoms with van der Waals surface area (Å²) in [6, 6.07) is 8.09. The van der Waals surface area contributed by atoms with Crippen molar-refractivity contribution in [3.63, 3.8) is 0 Å². The average Bonchev–Trinajstić information content (AvgIpc) is 2.69. The van der Waals surface area contributed by atoms with Crippen LogP contribution in [0.3, 0.4) is 0 Å². The van der Waals surface area contributed by atoms with E-state index in [1.54, 1.807) is 23.1 Å². The smallest absolute Gasteiger partial charge is 0.233 e.